The average molecular weight is 336 g/mol. The Morgan fingerprint density at radius 1 is 0.800 bits per heavy atom. The largest absolute Gasteiger partial charge is 0.294 e. The summed E-state index contributed by atoms with van der Waals surface area (Å²) in [5, 5.41) is 0. The summed E-state index contributed by atoms with van der Waals surface area (Å²) in [6.45, 7) is 14.5. The summed E-state index contributed by atoms with van der Waals surface area (Å²) >= 11 is 0. The van der Waals surface area contributed by atoms with Crippen LogP contribution in [0.5, 0.6) is 0 Å². The number of carbonyl (C=O) groups excluding carboxylic acids is 2. The first-order valence-corrected chi connectivity index (χ1v) is 8.76. The topological polar surface area (TPSA) is 34.1 Å². The molecule has 2 heteroatoms. The molecule has 0 aliphatic carbocycles. The van der Waals surface area contributed by atoms with Gasteiger partial charge in [0.15, 0.2) is 11.6 Å². The van der Waals surface area contributed by atoms with E-state index in [1.165, 1.54) is 11.1 Å². The highest BCUT2D eigenvalue weighted by Crippen LogP contribution is 2.24. The van der Waals surface area contributed by atoms with Crippen LogP contribution in [-0.2, 0) is 5.41 Å². The fraction of sp³-hybridized carbons (Fsp3) is 0.391. The van der Waals surface area contributed by atoms with Crippen LogP contribution in [0.25, 0.3) is 0 Å². The summed E-state index contributed by atoms with van der Waals surface area (Å²) < 4.78 is 0. The summed E-state index contributed by atoms with van der Waals surface area (Å²) in [7, 11) is 0. The molecule has 2 rings (SSSR count). The minimum atomic E-state index is -0.124. The number of carbonyl (C=O) groups is 2. The smallest absolute Gasteiger partial charge is 0.170 e. The first-order valence-electron chi connectivity index (χ1n) is 8.76. The zero-order valence-corrected chi connectivity index (χ0v) is 16.4. The van der Waals surface area contributed by atoms with Crippen molar-refractivity contribution < 1.29 is 9.59 Å². The van der Waals surface area contributed by atoms with E-state index < -0.39 is 0 Å². The van der Waals surface area contributed by atoms with Crippen LogP contribution in [0.15, 0.2) is 30.3 Å². The van der Waals surface area contributed by atoms with E-state index in [1.807, 2.05) is 51.1 Å². The molecule has 2 aromatic carbocycles. The third kappa shape index (κ3) is 4.07. The normalized spacial score (nSPS) is 11.5. The second kappa shape index (κ2) is 6.95. The number of hydrogen-bond acceptors (Lipinski definition) is 2. The van der Waals surface area contributed by atoms with Crippen molar-refractivity contribution in [1.82, 2.24) is 0 Å². The molecular formula is C23H28O2. The molecule has 0 saturated heterocycles. The van der Waals surface area contributed by atoms with Gasteiger partial charge in [0.25, 0.3) is 0 Å². The summed E-state index contributed by atoms with van der Waals surface area (Å²) in [6, 6.07) is 9.52. The second-order valence-corrected chi connectivity index (χ2v) is 7.97. The summed E-state index contributed by atoms with van der Waals surface area (Å²) in [6.07, 6.45) is -0.0857. The standard InChI is InChI=1S/C23H28O2/c1-14-12-20(17(4)16(3)15(14)2)22(25)13-21(24)18-8-10-19(11-9-18)23(5,6)7/h8-12H,13H2,1-7H3. The fourth-order valence-electron chi connectivity index (χ4n) is 3.00. The van der Waals surface area contributed by atoms with E-state index in [4.69, 9.17) is 0 Å². The van der Waals surface area contributed by atoms with Gasteiger partial charge in [0.1, 0.15) is 0 Å². The maximum Gasteiger partial charge on any atom is 0.170 e. The molecule has 0 N–H and O–H groups in total. The van der Waals surface area contributed by atoms with E-state index in [9.17, 15) is 9.59 Å². The van der Waals surface area contributed by atoms with E-state index in [0.717, 1.165) is 16.7 Å². The Morgan fingerprint density at radius 3 is 1.88 bits per heavy atom. The van der Waals surface area contributed by atoms with Crippen molar-refractivity contribution in [2.75, 3.05) is 0 Å². The molecule has 25 heavy (non-hydrogen) atoms. The average Bonchev–Trinajstić information content (AvgIpc) is 2.55. The van der Waals surface area contributed by atoms with Gasteiger partial charge in [0, 0.05) is 11.1 Å². The molecule has 2 aromatic rings. The quantitative estimate of drug-likeness (QED) is 0.532. The summed E-state index contributed by atoms with van der Waals surface area (Å²) in [5.74, 6) is -0.227. The van der Waals surface area contributed by atoms with Crippen LogP contribution in [0.1, 0.15) is 75.7 Å². The lowest BCUT2D eigenvalue weighted by molar-refractivity contribution is 0.0894. The van der Waals surface area contributed by atoms with E-state index >= 15 is 0 Å². The van der Waals surface area contributed by atoms with Crippen molar-refractivity contribution in [3.05, 3.63) is 69.3 Å². The molecule has 0 radical (unpaired) electrons. The van der Waals surface area contributed by atoms with Gasteiger partial charge in [0.2, 0.25) is 0 Å². The molecule has 0 fully saturated rings. The van der Waals surface area contributed by atoms with Crippen molar-refractivity contribution in [2.45, 2.75) is 60.3 Å². The Labute approximate surface area is 151 Å². The highest BCUT2D eigenvalue weighted by molar-refractivity contribution is 6.14. The Morgan fingerprint density at radius 2 is 1.36 bits per heavy atom. The van der Waals surface area contributed by atoms with Crippen molar-refractivity contribution in [3.8, 4) is 0 Å². The summed E-state index contributed by atoms with van der Waals surface area (Å²) in [5.41, 5.74) is 6.89. The lowest BCUT2D eigenvalue weighted by Crippen LogP contribution is -2.13. The van der Waals surface area contributed by atoms with Gasteiger partial charge in [-0.05, 0) is 67.0 Å². The van der Waals surface area contributed by atoms with Crippen LogP contribution in [0, 0.1) is 27.7 Å². The maximum atomic E-state index is 12.7. The second-order valence-electron chi connectivity index (χ2n) is 7.97. The molecule has 0 heterocycles. The minimum absolute atomic E-state index is 0.0471. The lowest BCUT2D eigenvalue weighted by Gasteiger charge is -2.19. The van der Waals surface area contributed by atoms with Gasteiger partial charge in [-0.25, -0.2) is 0 Å². The number of benzene rings is 2. The predicted molar refractivity (Wildman–Crippen MR) is 104 cm³/mol. The van der Waals surface area contributed by atoms with Crippen molar-refractivity contribution >= 4 is 11.6 Å². The monoisotopic (exact) mass is 336 g/mol. The zero-order chi connectivity index (χ0) is 18.9. The predicted octanol–water partition coefficient (Wildman–Crippen LogP) is 5.67. The van der Waals surface area contributed by atoms with Crippen molar-refractivity contribution in [3.63, 3.8) is 0 Å². The maximum absolute atomic E-state index is 12.7. The molecule has 0 bridgehead atoms. The number of aryl methyl sites for hydroxylation is 1. The van der Waals surface area contributed by atoms with Gasteiger partial charge in [-0.15, -0.1) is 0 Å². The third-order valence-electron chi connectivity index (χ3n) is 5.18. The molecule has 0 aliphatic heterocycles. The van der Waals surface area contributed by atoms with E-state index in [0.29, 0.717) is 11.1 Å². The van der Waals surface area contributed by atoms with Crippen molar-refractivity contribution in [2.24, 2.45) is 0 Å². The number of ketones is 2. The molecule has 0 aromatic heterocycles. The van der Waals surface area contributed by atoms with Gasteiger partial charge in [0.05, 0.1) is 6.42 Å². The van der Waals surface area contributed by atoms with Crippen LogP contribution in [0.2, 0.25) is 0 Å². The van der Waals surface area contributed by atoms with Crippen molar-refractivity contribution in [1.29, 1.82) is 0 Å². The Bertz CT molecular complexity index is 819. The number of hydrogen-bond donors (Lipinski definition) is 0. The Balaban J connectivity index is 2.22. The van der Waals surface area contributed by atoms with Gasteiger partial charge in [-0.1, -0.05) is 45.0 Å². The lowest BCUT2D eigenvalue weighted by atomic mass is 9.86. The van der Waals surface area contributed by atoms with E-state index in [2.05, 4.69) is 27.7 Å². The SMILES string of the molecule is Cc1cc(C(=O)CC(=O)c2ccc(C(C)(C)C)cc2)c(C)c(C)c1C. The molecule has 0 unspecified atom stereocenters. The van der Waals surface area contributed by atoms with Crippen LogP contribution in [-0.4, -0.2) is 11.6 Å². The van der Waals surface area contributed by atoms with Gasteiger partial charge in [-0.3, -0.25) is 9.59 Å². The number of Topliss-reactive ketones (excluding diaryl/α,β-unsaturated/α-hetero) is 2. The molecule has 132 valence electrons. The van der Waals surface area contributed by atoms with Crippen LogP contribution in [0.3, 0.4) is 0 Å². The van der Waals surface area contributed by atoms with Gasteiger partial charge in [-0.2, -0.15) is 0 Å². The van der Waals surface area contributed by atoms with Crippen LogP contribution in [0.4, 0.5) is 0 Å². The first kappa shape index (κ1) is 19.1. The molecule has 0 amide bonds. The van der Waals surface area contributed by atoms with Crippen LogP contribution < -0.4 is 0 Å². The molecule has 0 saturated carbocycles. The molecular weight excluding hydrogens is 308 g/mol. The molecule has 0 spiro atoms. The molecule has 0 aliphatic rings. The zero-order valence-electron chi connectivity index (χ0n) is 16.4. The molecule has 0 atom stereocenters. The van der Waals surface area contributed by atoms with Gasteiger partial charge < -0.3 is 0 Å². The first-order chi connectivity index (χ1) is 11.5. The van der Waals surface area contributed by atoms with E-state index in [-0.39, 0.29) is 23.4 Å². The highest BCUT2D eigenvalue weighted by Gasteiger charge is 2.19. The van der Waals surface area contributed by atoms with Crippen LogP contribution >= 0.6 is 0 Å². The van der Waals surface area contributed by atoms with E-state index in [1.54, 1.807) is 0 Å². The minimum Gasteiger partial charge on any atom is -0.294 e. The Hall–Kier alpha value is -2.22. The molecule has 2 nitrogen and oxygen atoms in total. The summed E-state index contributed by atoms with van der Waals surface area (Å²) in [4.78, 5) is 25.2. The van der Waals surface area contributed by atoms with Gasteiger partial charge >= 0.3 is 0 Å². The highest BCUT2D eigenvalue weighted by atomic mass is 16.1. The fourth-order valence-corrected chi connectivity index (χ4v) is 3.00. The number of rotatable bonds is 4. The third-order valence-corrected chi connectivity index (χ3v) is 5.18. The Kier molecular flexibility index (Phi) is 5.31.